The number of benzene rings is 2. The summed E-state index contributed by atoms with van der Waals surface area (Å²) < 4.78 is 46.3. The highest BCUT2D eigenvalue weighted by Gasteiger charge is 2.21. The van der Waals surface area contributed by atoms with Crippen LogP contribution in [0, 0.1) is 5.92 Å². The number of ether oxygens (including phenoxy) is 3. The fraction of sp³-hybridized carbons (Fsp3) is 0.345. The van der Waals surface area contributed by atoms with Crippen LogP contribution in [-0.4, -0.2) is 56.8 Å². The molecule has 3 aromatic rings. The molecule has 0 unspecified atom stereocenters. The van der Waals surface area contributed by atoms with Crippen molar-refractivity contribution >= 4 is 51.1 Å². The molecule has 1 heterocycles. The summed E-state index contributed by atoms with van der Waals surface area (Å²) in [6, 6.07) is 9.04. The van der Waals surface area contributed by atoms with E-state index in [9.17, 15) is 18.3 Å². The van der Waals surface area contributed by atoms with E-state index in [1.807, 2.05) is 19.9 Å². The zero-order valence-electron chi connectivity index (χ0n) is 24.5. The number of aliphatic hydroxyl groups excluding tert-OH is 1. The summed E-state index contributed by atoms with van der Waals surface area (Å²) in [7, 11) is -1.14. The van der Waals surface area contributed by atoms with Gasteiger partial charge in [0.1, 0.15) is 5.75 Å². The minimum atomic E-state index is -4.13. The van der Waals surface area contributed by atoms with E-state index in [-0.39, 0.29) is 41.6 Å². The molecule has 4 N–H and O–H groups in total. The van der Waals surface area contributed by atoms with Gasteiger partial charge in [-0.1, -0.05) is 26.0 Å². The molecule has 0 spiro atoms. The molecule has 1 amide bonds. The number of anilines is 4. The number of aromatic nitrogens is 2. The number of hydrogen-bond acceptors (Lipinski definition) is 10. The highest BCUT2D eigenvalue weighted by molar-refractivity contribution is 7.92. The maximum Gasteiger partial charge on any atom is 0.263 e. The van der Waals surface area contributed by atoms with E-state index in [4.69, 9.17) is 19.2 Å². The van der Waals surface area contributed by atoms with E-state index >= 15 is 0 Å². The van der Waals surface area contributed by atoms with Crippen LogP contribution >= 0.6 is 0 Å². The highest BCUT2D eigenvalue weighted by atomic mass is 32.2. The summed E-state index contributed by atoms with van der Waals surface area (Å²) in [5.74, 6) is 1.03. The lowest BCUT2D eigenvalue weighted by molar-refractivity contribution is -0.114. The molecule has 0 radical (unpaired) electrons. The van der Waals surface area contributed by atoms with Crippen LogP contribution in [0.4, 0.5) is 23.0 Å². The predicted octanol–water partition coefficient (Wildman–Crippen LogP) is 2.99. The van der Waals surface area contributed by atoms with Gasteiger partial charge in [-0.2, -0.15) is 0 Å². The van der Waals surface area contributed by atoms with Gasteiger partial charge in [-0.15, -0.1) is 0 Å². The normalized spacial score (nSPS) is 12.3. The standard InChI is InChI=1S/C29H37N5O7S/c1-7-23-24(15-18(2)3)32-28(33-25-16-21(39-5)17-26(40-6)27(25)41-14-8-13-35)29(31-23)34-42(37,38)22-11-9-20(10-12-22)30-19(4)36/h7,9-12,15-18,35H,8,13-14H2,1-6H3,(H,30,36)(H,31,34)(H,32,33)/b23-7+,24-15+. The zero-order chi connectivity index (χ0) is 30.9. The van der Waals surface area contributed by atoms with E-state index in [2.05, 4.69) is 20.3 Å². The first-order valence-electron chi connectivity index (χ1n) is 13.2. The summed E-state index contributed by atoms with van der Waals surface area (Å²) >= 11 is 0. The molecule has 0 saturated heterocycles. The Bertz CT molecular complexity index is 1630. The number of aliphatic hydroxyl groups is 1. The van der Waals surface area contributed by atoms with E-state index in [1.54, 1.807) is 25.1 Å². The lowest BCUT2D eigenvalue weighted by Gasteiger charge is -2.19. The topological polar surface area (TPSA) is 161 Å². The number of methoxy groups -OCH3 is 2. The first kappa shape index (κ1) is 32.2. The summed E-state index contributed by atoms with van der Waals surface area (Å²) in [6.07, 6.45) is 4.04. The molecule has 0 bridgehead atoms. The van der Waals surface area contributed by atoms with Crippen LogP contribution in [0.5, 0.6) is 17.2 Å². The molecule has 42 heavy (non-hydrogen) atoms. The molecular weight excluding hydrogens is 562 g/mol. The third kappa shape index (κ3) is 8.33. The Hall–Kier alpha value is -4.36. The largest absolute Gasteiger partial charge is 0.497 e. The van der Waals surface area contributed by atoms with Crippen molar-refractivity contribution in [2.45, 2.75) is 39.0 Å². The molecule has 0 fully saturated rings. The Morgan fingerprint density at radius 1 is 1.05 bits per heavy atom. The number of hydrogen-bond donors (Lipinski definition) is 4. The second-order valence-electron chi connectivity index (χ2n) is 9.46. The Morgan fingerprint density at radius 2 is 1.74 bits per heavy atom. The number of amides is 1. The van der Waals surface area contributed by atoms with Crippen molar-refractivity contribution in [3.63, 3.8) is 0 Å². The summed E-state index contributed by atoms with van der Waals surface area (Å²) in [5.41, 5.74) is 0.836. The second-order valence-corrected chi connectivity index (χ2v) is 11.1. The quantitative estimate of drug-likeness (QED) is 0.215. The Kier molecular flexibility index (Phi) is 11.1. The molecule has 13 heteroatoms. The predicted molar refractivity (Wildman–Crippen MR) is 162 cm³/mol. The Balaban J connectivity index is 2.17. The molecular formula is C29H37N5O7S. The minimum absolute atomic E-state index is 0.0414. The van der Waals surface area contributed by atoms with Gasteiger partial charge < -0.3 is 30.0 Å². The summed E-state index contributed by atoms with van der Waals surface area (Å²) in [5, 5.41) is 16.0. The molecule has 0 aliphatic heterocycles. The molecule has 0 aliphatic rings. The molecule has 0 atom stereocenters. The maximum absolute atomic E-state index is 13.4. The maximum atomic E-state index is 13.4. The Labute approximate surface area is 245 Å². The van der Waals surface area contributed by atoms with Crippen molar-refractivity contribution in [3.05, 3.63) is 47.1 Å². The SMILES string of the molecule is C/C=c1/nc(NS(=O)(=O)c2ccc(NC(C)=O)cc2)c(Nc2cc(OC)cc(OC)c2OCCCO)n/c1=C/C(C)C. The Morgan fingerprint density at radius 3 is 2.31 bits per heavy atom. The number of nitrogens with zero attached hydrogens (tertiary/aromatic N) is 2. The number of rotatable bonds is 13. The number of carbonyl (C=O) groups is 1. The summed E-state index contributed by atoms with van der Waals surface area (Å²) in [4.78, 5) is 20.7. The molecule has 0 aliphatic carbocycles. The molecule has 1 aromatic heterocycles. The van der Waals surface area contributed by atoms with Gasteiger partial charge in [0, 0.05) is 37.8 Å². The van der Waals surface area contributed by atoms with Gasteiger partial charge in [0.2, 0.25) is 5.91 Å². The molecule has 2 aromatic carbocycles. The van der Waals surface area contributed by atoms with Crippen LogP contribution < -0.4 is 40.3 Å². The number of carbonyl (C=O) groups excluding carboxylic acids is 1. The van der Waals surface area contributed by atoms with E-state index in [0.717, 1.165) is 0 Å². The van der Waals surface area contributed by atoms with E-state index in [1.165, 1.54) is 45.4 Å². The van der Waals surface area contributed by atoms with Crippen LogP contribution in [-0.2, 0) is 14.8 Å². The van der Waals surface area contributed by atoms with Gasteiger partial charge in [-0.25, -0.2) is 18.4 Å². The summed E-state index contributed by atoms with van der Waals surface area (Å²) in [6.45, 7) is 7.28. The van der Waals surface area contributed by atoms with Gasteiger partial charge >= 0.3 is 0 Å². The van der Waals surface area contributed by atoms with Crippen molar-refractivity contribution in [1.82, 2.24) is 9.97 Å². The van der Waals surface area contributed by atoms with Gasteiger partial charge in [0.05, 0.1) is 42.1 Å². The third-order valence-corrected chi connectivity index (χ3v) is 7.07. The monoisotopic (exact) mass is 599 g/mol. The fourth-order valence-electron chi connectivity index (χ4n) is 3.83. The minimum Gasteiger partial charge on any atom is -0.497 e. The van der Waals surface area contributed by atoms with E-state index < -0.39 is 10.0 Å². The van der Waals surface area contributed by atoms with Crippen molar-refractivity contribution in [2.24, 2.45) is 5.92 Å². The van der Waals surface area contributed by atoms with Crippen molar-refractivity contribution in [1.29, 1.82) is 0 Å². The van der Waals surface area contributed by atoms with Crippen LogP contribution in [0.2, 0.25) is 0 Å². The van der Waals surface area contributed by atoms with Gasteiger partial charge in [0.25, 0.3) is 10.0 Å². The first-order chi connectivity index (χ1) is 20.0. The van der Waals surface area contributed by atoms with Crippen molar-refractivity contribution in [2.75, 3.05) is 42.8 Å². The van der Waals surface area contributed by atoms with Gasteiger partial charge in [-0.05, 0) is 37.1 Å². The molecule has 226 valence electrons. The average Bonchev–Trinajstić information content (AvgIpc) is 2.94. The van der Waals surface area contributed by atoms with Crippen molar-refractivity contribution in [3.8, 4) is 17.2 Å². The van der Waals surface area contributed by atoms with Crippen molar-refractivity contribution < 1.29 is 32.5 Å². The zero-order valence-corrected chi connectivity index (χ0v) is 25.3. The number of nitrogens with one attached hydrogen (secondary N) is 3. The van der Waals surface area contributed by atoms with Crippen LogP contribution in [0.25, 0.3) is 12.2 Å². The second kappa shape index (κ2) is 14.5. The number of sulfonamides is 1. The molecule has 12 nitrogen and oxygen atoms in total. The van der Waals surface area contributed by atoms with Crippen LogP contribution in [0.3, 0.4) is 0 Å². The highest BCUT2D eigenvalue weighted by Crippen LogP contribution is 2.41. The molecule has 3 rings (SSSR count). The lowest BCUT2D eigenvalue weighted by Crippen LogP contribution is -2.34. The lowest BCUT2D eigenvalue weighted by atomic mass is 10.2. The van der Waals surface area contributed by atoms with E-state index in [0.29, 0.717) is 45.7 Å². The van der Waals surface area contributed by atoms with Gasteiger partial charge in [-0.3, -0.25) is 9.52 Å². The fourth-order valence-corrected chi connectivity index (χ4v) is 4.84. The van der Waals surface area contributed by atoms with Crippen LogP contribution in [0.15, 0.2) is 41.3 Å². The van der Waals surface area contributed by atoms with Crippen LogP contribution in [0.1, 0.15) is 34.1 Å². The first-order valence-corrected chi connectivity index (χ1v) is 14.7. The average molecular weight is 600 g/mol. The smallest absolute Gasteiger partial charge is 0.263 e. The third-order valence-electron chi connectivity index (χ3n) is 5.72. The molecule has 0 saturated carbocycles. The van der Waals surface area contributed by atoms with Gasteiger partial charge in [0.15, 0.2) is 23.1 Å².